The molecular weight excluding hydrogens is 200 g/mol. The van der Waals surface area contributed by atoms with Crippen molar-refractivity contribution in [2.24, 2.45) is 5.92 Å². The lowest BCUT2D eigenvalue weighted by atomic mass is 9.98. The standard InChI is InChI=1S/C13H26N2O/c1-3-13(16)7-5-9-15-8-4-6-12(11-15)10-14-2/h12,14H,3-11H2,1-2H3. The number of likely N-dealkylation sites (tertiary alicyclic amines) is 1. The molecule has 1 aliphatic rings. The molecule has 1 fully saturated rings. The molecule has 3 nitrogen and oxygen atoms in total. The van der Waals surface area contributed by atoms with E-state index in [1.165, 1.54) is 25.9 Å². The highest BCUT2D eigenvalue weighted by molar-refractivity contribution is 5.77. The van der Waals surface area contributed by atoms with E-state index in [0.29, 0.717) is 12.2 Å². The van der Waals surface area contributed by atoms with Crippen LogP contribution in [0.15, 0.2) is 0 Å². The molecule has 0 radical (unpaired) electrons. The zero-order valence-corrected chi connectivity index (χ0v) is 10.8. The van der Waals surface area contributed by atoms with Crippen molar-refractivity contribution >= 4 is 5.78 Å². The molecule has 16 heavy (non-hydrogen) atoms. The van der Waals surface area contributed by atoms with E-state index < -0.39 is 0 Å². The van der Waals surface area contributed by atoms with Crippen LogP contribution in [0.1, 0.15) is 39.0 Å². The Morgan fingerprint density at radius 3 is 3.00 bits per heavy atom. The molecule has 0 saturated carbocycles. The summed E-state index contributed by atoms with van der Waals surface area (Å²) in [6, 6.07) is 0. The average molecular weight is 226 g/mol. The molecule has 3 heteroatoms. The molecule has 1 saturated heterocycles. The molecule has 0 bridgehead atoms. The van der Waals surface area contributed by atoms with Crippen molar-refractivity contribution in [3.8, 4) is 0 Å². The van der Waals surface area contributed by atoms with Gasteiger partial charge in [-0.2, -0.15) is 0 Å². The van der Waals surface area contributed by atoms with Gasteiger partial charge < -0.3 is 10.2 Å². The zero-order chi connectivity index (χ0) is 11.8. The molecule has 1 N–H and O–H groups in total. The van der Waals surface area contributed by atoms with Gasteiger partial charge in [-0.05, 0) is 51.9 Å². The van der Waals surface area contributed by atoms with E-state index in [2.05, 4.69) is 10.2 Å². The Hall–Kier alpha value is -0.410. The molecule has 1 aliphatic heterocycles. The third-order valence-corrected chi connectivity index (χ3v) is 3.42. The molecule has 0 aromatic rings. The Kier molecular flexibility index (Phi) is 6.65. The number of ketones is 1. The first-order valence-electron chi connectivity index (χ1n) is 6.65. The number of piperidine rings is 1. The van der Waals surface area contributed by atoms with Crippen LogP contribution in [0.25, 0.3) is 0 Å². The Balaban J connectivity index is 2.14. The minimum absolute atomic E-state index is 0.406. The zero-order valence-electron chi connectivity index (χ0n) is 10.8. The van der Waals surface area contributed by atoms with Crippen LogP contribution < -0.4 is 5.32 Å². The van der Waals surface area contributed by atoms with E-state index in [9.17, 15) is 4.79 Å². The largest absolute Gasteiger partial charge is 0.319 e. The molecule has 0 aliphatic carbocycles. The van der Waals surface area contributed by atoms with Crippen LogP contribution in [0.5, 0.6) is 0 Å². The summed E-state index contributed by atoms with van der Waals surface area (Å²) in [6.07, 6.45) is 5.17. The fourth-order valence-electron chi connectivity index (χ4n) is 2.49. The first-order valence-corrected chi connectivity index (χ1v) is 6.65. The van der Waals surface area contributed by atoms with Crippen LogP contribution in [0.4, 0.5) is 0 Å². The maximum atomic E-state index is 11.2. The van der Waals surface area contributed by atoms with Gasteiger partial charge >= 0.3 is 0 Å². The molecular formula is C13H26N2O. The topological polar surface area (TPSA) is 32.3 Å². The summed E-state index contributed by atoms with van der Waals surface area (Å²) in [6.45, 7) is 6.62. The van der Waals surface area contributed by atoms with Crippen LogP contribution in [0.2, 0.25) is 0 Å². The molecule has 0 spiro atoms. The fraction of sp³-hybridized carbons (Fsp3) is 0.923. The van der Waals surface area contributed by atoms with Crippen LogP contribution in [-0.2, 0) is 4.79 Å². The summed E-state index contributed by atoms with van der Waals surface area (Å²) < 4.78 is 0. The number of carbonyl (C=O) groups excluding carboxylic acids is 1. The molecule has 94 valence electrons. The Labute approximate surface area is 99.6 Å². The van der Waals surface area contributed by atoms with Gasteiger partial charge in [-0.25, -0.2) is 0 Å². The summed E-state index contributed by atoms with van der Waals surface area (Å²) in [4.78, 5) is 13.7. The summed E-state index contributed by atoms with van der Waals surface area (Å²) >= 11 is 0. The molecule has 1 unspecified atom stereocenters. The fourth-order valence-corrected chi connectivity index (χ4v) is 2.49. The molecule has 1 rings (SSSR count). The third-order valence-electron chi connectivity index (χ3n) is 3.42. The van der Waals surface area contributed by atoms with Gasteiger partial charge in [0.15, 0.2) is 0 Å². The van der Waals surface area contributed by atoms with Gasteiger partial charge in [-0.15, -0.1) is 0 Å². The number of rotatable bonds is 7. The molecule has 0 aromatic carbocycles. The van der Waals surface area contributed by atoms with E-state index in [4.69, 9.17) is 0 Å². The number of nitrogens with zero attached hydrogens (tertiary/aromatic N) is 1. The third kappa shape index (κ3) is 5.08. The van der Waals surface area contributed by atoms with Gasteiger partial charge in [0.1, 0.15) is 5.78 Å². The van der Waals surface area contributed by atoms with E-state index in [-0.39, 0.29) is 0 Å². The maximum absolute atomic E-state index is 11.2. The number of carbonyl (C=O) groups is 1. The lowest BCUT2D eigenvalue weighted by Crippen LogP contribution is -2.39. The monoisotopic (exact) mass is 226 g/mol. The summed E-state index contributed by atoms with van der Waals surface area (Å²) in [5.74, 6) is 1.21. The Morgan fingerprint density at radius 2 is 2.31 bits per heavy atom. The lowest BCUT2D eigenvalue weighted by molar-refractivity contribution is -0.118. The minimum atomic E-state index is 0.406. The lowest BCUT2D eigenvalue weighted by Gasteiger charge is -2.32. The molecule has 1 atom stereocenters. The van der Waals surface area contributed by atoms with E-state index in [1.54, 1.807) is 0 Å². The molecule has 0 amide bonds. The van der Waals surface area contributed by atoms with Gasteiger partial charge in [-0.3, -0.25) is 4.79 Å². The predicted molar refractivity (Wildman–Crippen MR) is 67.6 cm³/mol. The van der Waals surface area contributed by atoms with Crippen LogP contribution in [0, 0.1) is 5.92 Å². The van der Waals surface area contributed by atoms with Gasteiger partial charge in [0, 0.05) is 19.4 Å². The van der Waals surface area contributed by atoms with Crippen molar-refractivity contribution in [3.05, 3.63) is 0 Å². The Bertz CT molecular complexity index is 204. The van der Waals surface area contributed by atoms with Gasteiger partial charge in [0.05, 0.1) is 0 Å². The van der Waals surface area contributed by atoms with Crippen molar-refractivity contribution < 1.29 is 4.79 Å². The smallest absolute Gasteiger partial charge is 0.132 e. The summed E-state index contributed by atoms with van der Waals surface area (Å²) in [7, 11) is 2.03. The normalized spacial score (nSPS) is 22.2. The SMILES string of the molecule is CCC(=O)CCCN1CCCC(CNC)C1. The second-order valence-electron chi connectivity index (χ2n) is 4.86. The highest BCUT2D eigenvalue weighted by Crippen LogP contribution is 2.16. The van der Waals surface area contributed by atoms with Crippen molar-refractivity contribution in [1.82, 2.24) is 10.2 Å². The van der Waals surface area contributed by atoms with Gasteiger partial charge in [-0.1, -0.05) is 6.92 Å². The quantitative estimate of drug-likeness (QED) is 0.717. The Morgan fingerprint density at radius 1 is 1.50 bits per heavy atom. The highest BCUT2D eigenvalue weighted by Gasteiger charge is 2.18. The van der Waals surface area contributed by atoms with E-state index in [1.807, 2.05) is 14.0 Å². The van der Waals surface area contributed by atoms with E-state index >= 15 is 0 Å². The van der Waals surface area contributed by atoms with Gasteiger partial charge in [0.25, 0.3) is 0 Å². The average Bonchev–Trinajstić information content (AvgIpc) is 2.30. The van der Waals surface area contributed by atoms with Crippen molar-refractivity contribution in [3.63, 3.8) is 0 Å². The number of Topliss-reactive ketones (excluding diaryl/α,β-unsaturated/α-hetero) is 1. The van der Waals surface area contributed by atoms with Crippen molar-refractivity contribution in [1.29, 1.82) is 0 Å². The van der Waals surface area contributed by atoms with Crippen LogP contribution in [-0.4, -0.2) is 43.9 Å². The number of hydrogen-bond acceptors (Lipinski definition) is 3. The highest BCUT2D eigenvalue weighted by atomic mass is 16.1. The van der Waals surface area contributed by atoms with Gasteiger partial charge in [0.2, 0.25) is 0 Å². The maximum Gasteiger partial charge on any atom is 0.132 e. The predicted octanol–water partition coefficient (Wildman–Crippen LogP) is 1.68. The van der Waals surface area contributed by atoms with Crippen molar-refractivity contribution in [2.75, 3.05) is 33.2 Å². The second kappa shape index (κ2) is 7.80. The second-order valence-corrected chi connectivity index (χ2v) is 4.86. The van der Waals surface area contributed by atoms with Crippen LogP contribution in [0.3, 0.4) is 0 Å². The number of hydrogen-bond donors (Lipinski definition) is 1. The minimum Gasteiger partial charge on any atom is -0.319 e. The molecule has 0 aromatic heterocycles. The first kappa shape index (κ1) is 13.7. The first-order chi connectivity index (χ1) is 7.76. The summed E-state index contributed by atoms with van der Waals surface area (Å²) in [5.41, 5.74) is 0. The van der Waals surface area contributed by atoms with Crippen LogP contribution >= 0.6 is 0 Å². The summed E-state index contributed by atoms with van der Waals surface area (Å²) in [5, 5.41) is 3.26. The van der Waals surface area contributed by atoms with E-state index in [0.717, 1.165) is 31.8 Å². The number of nitrogens with one attached hydrogen (secondary N) is 1. The van der Waals surface area contributed by atoms with Crippen molar-refractivity contribution in [2.45, 2.75) is 39.0 Å². The molecule has 1 heterocycles.